The Morgan fingerprint density at radius 2 is 2.29 bits per heavy atom. The van der Waals surface area contributed by atoms with Gasteiger partial charge in [0.2, 0.25) is 0 Å². The number of nitrogens with zero attached hydrogens (tertiary/aromatic N) is 1. The molecule has 0 aromatic carbocycles. The van der Waals surface area contributed by atoms with Crippen molar-refractivity contribution >= 4 is 0 Å². The van der Waals surface area contributed by atoms with Crippen LogP contribution in [0.3, 0.4) is 0 Å². The Bertz CT molecular complexity index is 270. The molecule has 3 heteroatoms. The van der Waals surface area contributed by atoms with E-state index in [1.807, 2.05) is 12.4 Å². The van der Waals surface area contributed by atoms with Gasteiger partial charge in [0.05, 0.1) is 6.61 Å². The fourth-order valence-corrected chi connectivity index (χ4v) is 2.08. The summed E-state index contributed by atoms with van der Waals surface area (Å²) in [5, 5.41) is 0. The van der Waals surface area contributed by atoms with E-state index in [4.69, 9.17) is 10.5 Å². The minimum atomic E-state index is 0.431. The zero-order valence-electron chi connectivity index (χ0n) is 8.23. The standard InChI is InChI=1S/C11H16N2O/c12-7-11(10-3-6-14-8-10)9-1-4-13-5-2-9/h1-2,4-5,10-11H,3,6-8,12H2. The van der Waals surface area contributed by atoms with E-state index in [0.29, 0.717) is 18.4 Å². The third-order valence-corrected chi connectivity index (χ3v) is 2.92. The van der Waals surface area contributed by atoms with Gasteiger partial charge >= 0.3 is 0 Å². The number of rotatable bonds is 3. The summed E-state index contributed by atoms with van der Waals surface area (Å²) in [6.07, 6.45) is 4.78. The number of hydrogen-bond donors (Lipinski definition) is 1. The molecule has 3 nitrogen and oxygen atoms in total. The lowest BCUT2D eigenvalue weighted by Crippen LogP contribution is -2.21. The summed E-state index contributed by atoms with van der Waals surface area (Å²) < 4.78 is 5.39. The van der Waals surface area contributed by atoms with Crippen molar-refractivity contribution in [3.05, 3.63) is 30.1 Å². The topological polar surface area (TPSA) is 48.1 Å². The van der Waals surface area contributed by atoms with Crippen molar-refractivity contribution in [3.63, 3.8) is 0 Å². The second-order valence-corrected chi connectivity index (χ2v) is 3.75. The van der Waals surface area contributed by atoms with E-state index in [2.05, 4.69) is 17.1 Å². The highest BCUT2D eigenvalue weighted by molar-refractivity contribution is 5.17. The van der Waals surface area contributed by atoms with E-state index in [9.17, 15) is 0 Å². The van der Waals surface area contributed by atoms with Crippen LogP contribution in [0.1, 0.15) is 17.9 Å². The maximum atomic E-state index is 5.81. The molecular formula is C11H16N2O. The van der Waals surface area contributed by atoms with Crippen LogP contribution >= 0.6 is 0 Å². The fourth-order valence-electron chi connectivity index (χ4n) is 2.08. The van der Waals surface area contributed by atoms with Crippen LogP contribution in [-0.2, 0) is 4.74 Å². The highest BCUT2D eigenvalue weighted by Crippen LogP contribution is 2.29. The van der Waals surface area contributed by atoms with Crippen LogP contribution in [0.25, 0.3) is 0 Å². The number of nitrogens with two attached hydrogens (primary N) is 1. The zero-order chi connectivity index (χ0) is 9.80. The van der Waals surface area contributed by atoms with Crippen LogP contribution in [0.5, 0.6) is 0 Å². The van der Waals surface area contributed by atoms with Gasteiger partial charge in [-0.15, -0.1) is 0 Å². The number of ether oxygens (including phenoxy) is 1. The minimum Gasteiger partial charge on any atom is -0.381 e. The molecule has 0 aliphatic carbocycles. The monoisotopic (exact) mass is 192 g/mol. The summed E-state index contributed by atoms with van der Waals surface area (Å²) in [4.78, 5) is 4.02. The van der Waals surface area contributed by atoms with E-state index in [1.165, 1.54) is 5.56 Å². The van der Waals surface area contributed by atoms with Crippen molar-refractivity contribution in [3.8, 4) is 0 Å². The lowest BCUT2D eigenvalue weighted by Gasteiger charge is -2.20. The summed E-state index contributed by atoms with van der Waals surface area (Å²) in [6, 6.07) is 4.10. The van der Waals surface area contributed by atoms with Crippen molar-refractivity contribution in [1.82, 2.24) is 4.98 Å². The molecule has 0 bridgehead atoms. The Morgan fingerprint density at radius 1 is 1.50 bits per heavy atom. The summed E-state index contributed by atoms with van der Waals surface area (Å²) in [5.74, 6) is 1.02. The molecule has 2 unspecified atom stereocenters. The van der Waals surface area contributed by atoms with E-state index < -0.39 is 0 Å². The van der Waals surface area contributed by atoms with Crippen LogP contribution in [0, 0.1) is 5.92 Å². The summed E-state index contributed by atoms with van der Waals surface area (Å²) in [6.45, 7) is 2.43. The lowest BCUT2D eigenvalue weighted by atomic mass is 9.86. The van der Waals surface area contributed by atoms with Crippen molar-refractivity contribution in [2.24, 2.45) is 11.7 Å². The molecule has 1 aliphatic heterocycles. The summed E-state index contributed by atoms with van der Waals surface area (Å²) >= 11 is 0. The lowest BCUT2D eigenvalue weighted by molar-refractivity contribution is 0.181. The summed E-state index contributed by atoms with van der Waals surface area (Å²) in [5.41, 5.74) is 7.10. The zero-order valence-corrected chi connectivity index (χ0v) is 8.23. The van der Waals surface area contributed by atoms with Gasteiger partial charge in [0, 0.05) is 24.9 Å². The first-order valence-corrected chi connectivity index (χ1v) is 5.09. The van der Waals surface area contributed by atoms with Gasteiger partial charge in [0.1, 0.15) is 0 Å². The van der Waals surface area contributed by atoms with Gasteiger partial charge in [0.15, 0.2) is 0 Å². The average Bonchev–Trinajstić information content (AvgIpc) is 2.74. The molecule has 1 fully saturated rings. The molecule has 76 valence electrons. The molecule has 2 heterocycles. The second-order valence-electron chi connectivity index (χ2n) is 3.75. The van der Waals surface area contributed by atoms with Crippen molar-refractivity contribution < 1.29 is 4.74 Å². The Hall–Kier alpha value is -0.930. The SMILES string of the molecule is NCC(c1ccncc1)C1CCOC1. The second kappa shape index (κ2) is 4.53. The van der Waals surface area contributed by atoms with Gasteiger partial charge in [0.25, 0.3) is 0 Å². The molecule has 0 spiro atoms. The van der Waals surface area contributed by atoms with Crippen LogP contribution in [0.15, 0.2) is 24.5 Å². The van der Waals surface area contributed by atoms with Crippen LogP contribution in [0.4, 0.5) is 0 Å². The first-order valence-electron chi connectivity index (χ1n) is 5.09. The Labute approximate surface area is 84.3 Å². The van der Waals surface area contributed by atoms with Gasteiger partial charge in [-0.05, 0) is 36.6 Å². The van der Waals surface area contributed by atoms with Gasteiger partial charge in [-0.1, -0.05) is 0 Å². The molecule has 1 aromatic heterocycles. The molecule has 0 amide bonds. The largest absolute Gasteiger partial charge is 0.381 e. The van der Waals surface area contributed by atoms with Crippen molar-refractivity contribution in [1.29, 1.82) is 0 Å². The normalized spacial score (nSPS) is 23.6. The number of hydrogen-bond acceptors (Lipinski definition) is 3. The van der Waals surface area contributed by atoms with E-state index in [1.54, 1.807) is 0 Å². The number of aromatic nitrogens is 1. The van der Waals surface area contributed by atoms with Crippen molar-refractivity contribution in [2.75, 3.05) is 19.8 Å². The first kappa shape index (κ1) is 9.62. The molecular weight excluding hydrogens is 176 g/mol. The quantitative estimate of drug-likeness (QED) is 0.781. The molecule has 2 rings (SSSR count). The molecule has 1 saturated heterocycles. The molecule has 1 aliphatic rings. The van der Waals surface area contributed by atoms with Gasteiger partial charge in [-0.25, -0.2) is 0 Å². The molecule has 14 heavy (non-hydrogen) atoms. The molecule has 2 N–H and O–H groups in total. The fraction of sp³-hybridized carbons (Fsp3) is 0.545. The van der Waals surface area contributed by atoms with Crippen LogP contribution < -0.4 is 5.73 Å². The van der Waals surface area contributed by atoms with E-state index in [-0.39, 0.29) is 0 Å². The maximum absolute atomic E-state index is 5.81. The van der Waals surface area contributed by atoms with Gasteiger partial charge < -0.3 is 10.5 Å². The summed E-state index contributed by atoms with van der Waals surface area (Å²) in [7, 11) is 0. The predicted molar refractivity (Wildman–Crippen MR) is 55.0 cm³/mol. The Balaban J connectivity index is 2.12. The molecule has 1 aromatic rings. The van der Waals surface area contributed by atoms with Crippen molar-refractivity contribution in [2.45, 2.75) is 12.3 Å². The Kier molecular flexibility index (Phi) is 3.11. The third-order valence-electron chi connectivity index (χ3n) is 2.92. The van der Waals surface area contributed by atoms with Gasteiger partial charge in [-0.2, -0.15) is 0 Å². The van der Waals surface area contributed by atoms with E-state index >= 15 is 0 Å². The Morgan fingerprint density at radius 3 is 2.86 bits per heavy atom. The van der Waals surface area contributed by atoms with Crippen LogP contribution in [0.2, 0.25) is 0 Å². The highest BCUT2D eigenvalue weighted by Gasteiger charge is 2.25. The third kappa shape index (κ3) is 1.94. The van der Waals surface area contributed by atoms with Gasteiger partial charge in [-0.3, -0.25) is 4.98 Å². The number of pyridine rings is 1. The van der Waals surface area contributed by atoms with Crippen LogP contribution in [-0.4, -0.2) is 24.7 Å². The first-order chi connectivity index (χ1) is 6.92. The maximum Gasteiger partial charge on any atom is 0.0501 e. The molecule has 0 radical (unpaired) electrons. The predicted octanol–water partition coefficient (Wildman–Crippen LogP) is 1.16. The molecule has 0 saturated carbocycles. The highest BCUT2D eigenvalue weighted by atomic mass is 16.5. The minimum absolute atomic E-state index is 0.431. The smallest absolute Gasteiger partial charge is 0.0501 e. The molecule has 2 atom stereocenters. The average molecular weight is 192 g/mol. The van der Waals surface area contributed by atoms with E-state index in [0.717, 1.165) is 19.6 Å².